The van der Waals surface area contributed by atoms with Gasteiger partial charge in [-0.25, -0.2) is 13.2 Å². The standard InChI is InChI=1S/C19H10F3NO2S/c20-11-6-7-12(14(21)8-11)13-9-26-17-15(13)16(24)19(22,18(25)23-17)10-4-2-1-3-5-10/h1-9H,(H,23,25). The number of Topliss-reactive ketones (excluding diaryl/α,β-unsaturated/α-hetero) is 1. The Morgan fingerprint density at radius 2 is 1.69 bits per heavy atom. The fourth-order valence-corrected chi connectivity index (χ4v) is 3.93. The predicted molar refractivity (Wildman–Crippen MR) is 91.9 cm³/mol. The number of thiophene rings is 1. The van der Waals surface area contributed by atoms with Crippen LogP contribution in [0.2, 0.25) is 0 Å². The van der Waals surface area contributed by atoms with Crippen LogP contribution in [0.4, 0.5) is 18.2 Å². The highest BCUT2D eigenvalue weighted by Crippen LogP contribution is 2.45. The molecule has 1 aliphatic rings. The first-order valence-corrected chi connectivity index (χ1v) is 8.48. The summed E-state index contributed by atoms with van der Waals surface area (Å²) in [7, 11) is 0. The van der Waals surface area contributed by atoms with E-state index in [2.05, 4.69) is 5.32 Å². The third-order valence-corrected chi connectivity index (χ3v) is 5.16. The van der Waals surface area contributed by atoms with Crippen LogP contribution in [0.1, 0.15) is 15.9 Å². The van der Waals surface area contributed by atoms with E-state index in [0.717, 1.165) is 17.4 Å². The van der Waals surface area contributed by atoms with Crippen molar-refractivity contribution in [1.82, 2.24) is 0 Å². The summed E-state index contributed by atoms with van der Waals surface area (Å²) in [4.78, 5) is 25.3. The van der Waals surface area contributed by atoms with Crippen LogP contribution < -0.4 is 5.32 Å². The molecule has 1 N–H and O–H groups in total. The highest BCUT2D eigenvalue weighted by molar-refractivity contribution is 7.15. The molecule has 130 valence electrons. The van der Waals surface area contributed by atoms with Gasteiger partial charge in [0.1, 0.15) is 16.6 Å². The third kappa shape index (κ3) is 2.28. The molecule has 1 atom stereocenters. The van der Waals surface area contributed by atoms with E-state index in [1.165, 1.54) is 35.7 Å². The number of carbonyl (C=O) groups excluding carboxylic acids is 2. The Hall–Kier alpha value is -2.93. The van der Waals surface area contributed by atoms with Crippen LogP contribution in [0.15, 0.2) is 53.9 Å². The molecule has 0 saturated carbocycles. The molecule has 0 bridgehead atoms. The van der Waals surface area contributed by atoms with Crippen molar-refractivity contribution in [2.75, 3.05) is 5.32 Å². The van der Waals surface area contributed by atoms with Crippen molar-refractivity contribution < 1.29 is 22.8 Å². The number of rotatable bonds is 2. The van der Waals surface area contributed by atoms with Gasteiger partial charge in [0.2, 0.25) is 5.78 Å². The molecule has 1 amide bonds. The molecule has 3 aromatic rings. The number of carbonyl (C=O) groups is 2. The van der Waals surface area contributed by atoms with Crippen LogP contribution in [-0.4, -0.2) is 11.7 Å². The molecule has 0 saturated heterocycles. The molecule has 2 aromatic carbocycles. The smallest absolute Gasteiger partial charge is 0.275 e. The summed E-state index contributed by atoms with van der Waals surface area (Å²) in [6, 6.07) is 10.3. The lowest BCUT2D eigenvalue weighted by atomic mass is 9.83. The zero-order valence-electron chi connectivity index (χ0n) is 13.1. The molecule has 1 aromatic heterocycles. The lowest BCUT2D eigenvalue weighted by Gasteiger charge is -2.28. The van der Waals surface area contributed by atoms with Crippen LogP contribution in [0, 0.1) is 11.6 Å². The summed E-state index contributed by atoms with van der Waals surface area (Å²) in [5.41, 5.74) is -3.06. The Bertz CT molecular complexity index is 1050. The first kappa shape index (κ1) is 16.5. The lowest BCUT2D eigenvalue weighted by Crippen LogP contribution is -2.47. The predicted octanol–water partition coefficient (Wildman–Crippen LogP) is 4.69. The van der Waals surface area contributed by atoms with Crippen molar-refractivity contribution in [2.45, 2.75) is 5.67 Å². The Balaban J connectivity index is 1.91. The van der Waals surface area contributed by atoms with E-state index >= 15 is 4.39 Å². The summed E-state index contributed by atoms with van der Waals surface area (Å²) in [6.07, 6.45) is 0. The quantitative estimate of drug-likeness (QED) is 0.662. The Morgan fingerprint density at radius 3 is 2.38 bits per heavy atom. The summed E-state index contributed by atoms with van der Waals surface area (Å²) < 4.78 is 43.0. The third-order valence-electron chi connectivity index (χ3n) is 4.26. The number of hydrogen-bond acceptors (Lipinski definition) is 3. The van der Waals surface area contributed by atoms with Crippen molar-refractivity contribution in [1.29, 1.82) is 0 Å². The summed E-state index contributed by atoms with van der Waals surface area (Å²) in [5, 5.41) is 3.97. The summed E-state index contributed by atoms with van der Waals surface area (Å²) >= 11 is 0.983. The number of benzene rings is 2. The Kier molecular flexibility index (Phi) is 3.69. The van der Waals surface area contributed by atoms with Crippen LogP contribution >= 0.6 is 11.3 Å². The summed E-state index contributed by atoms with van der Waals surface area (Å²) in [5.74, 6) is -3.80. The number of ketones is 1. The number of alkyl halides is 1. The number of nitrogens with one attached hydrogen (secondary N) is 1. The first-order chi connectivity index (χ1) is 12.4. The van der Waals surface area contributed by atoms with Gasteiger partial charge in [-0.2, -0.15) is 0 Å². The van der Waals surface area contributed by atoms with E-state index < -0.39 is 29.0 Å². The fraction of sp³-hybridized carbons (Fsp3) is 0.0526. The van der Waals surface area contributed by atoms with Crippen LogP contribution in [0.3, 0.4) is 0 Å². The number of amides is 1. The first-order valence-electron chi connectivity index (χ1n) is 7.60. The SMILES string of the molecule is O=C1Nc2scc(-c3ccc(F)cc3F)c2C(=O)C1(F)c1ccccc1. The number of fused-ring (bicyclic) bond motifs is 1. The topological polar surface area (TPSA) is 46.2 Å². The fourth-order valence-electron chi connectivity index (χ4n) is 2.98. The number of anilines is 1. The maximum absolute atomic E-state index is 15.6. The van der Waals surface area contributed by atoms with Crippen LogP contribution in [-0.2, 0) is 10.5 Å². The molecule has 7 heteroatoms. The van der Waals surface area contributed by atoms with Crippen molar-refractivity contribution in [3.63, 3.8) is 0 Å². The molecule has 1 unspecified atom stereocenters. The summed E-state index contributed by atoms with van der Waals surface area (Å²) in [6.45, 7) is 0. The maximum atomic E-state index is 15.6. The van der Waals surface area contributed by atoms with E-state index in [9.17, 15) is 18.4 Å². The Morgan fingerprint density at radius 1 is 0.962 bits per heavy atom. The average molecular weight is 373 g/mol. The second kappa shape index (κ2) is 5.81. The molecular formula is C19H10F3NO2S. The van der Waals surface area contributed by atoms with Crippen LogP contribution in [0.5, 0.6) is 0 Å². The van der Waals surface area contributed by atoms with Gasteiger partial charge in [0.15, 0.2) is 0 Å². The molecule has 0 fully saturated rings. The van der Waals surface area contributed by atoms with Gasteiger partial charge in [0.05, 0.1) is 5.56 Å². The van der Waals surface area contributed by atoms with Gasteiger partial charge in [-0.3, -0.25) is 9.59 Å². The van der Waals surface area contributed by atoms with Crippen molar-refractivity contribution in [3.05, 3.63) is 76.7 Å². The molecule has 0 spiro atoms. The van der Waals surface area contributed by atoms with E-state index in [1.54, 1.807) is 6.07 Å². The molecule has 3 nitrogen and oxygen atoms in total. The molecule has 4 rings (SSSR count). The normalized spacial score (nSPS) is 19.2. The molecule has 26 heavy (non-hydrogen) atoms. The highest BCUT2D eigenvalue weighted by Gasteiger charge is 2.53. The Labute approximate surface area is 150 Å². The van der Waals surface area contributed by atoms with Gasteiger partial charge in [-0.15, -0.1) is 11.3 Å². The van der Waals surface area contributed by atoms with Crippen molar-refractivity contribution >= 4 is 28.0 Å². The molecule has 2 heterocycles. The van der Waals surface area contributed by atoms with E-state index in [0.29, 0.717) is 6.07 Å². The molecule has 0 radical (unpaired) electrons. The average Bonchev–Trinajstić information content (AvgIpc) is 3.04. The second-order valence-corrected chi connectivity index (χ2v) is 6.67. The minimum atomic E-state index is -2.92. The highest BCUT2D eigenvalue weighted by atomic mass is 32.1. The maximum Gasteiger partial charge on any atom is 0.275 e. The van der Waals surface area contributed by atoms with Crippen LogP contribution in [0.25, 0.3) is 11.1 Å². The number of halogens is 3. The largest absolute Gasteiger partial charge is 0.314 e. The van der Waals surface area contributed by atoms with E-state index in [1.807, 2.05) is 0 Å². The van der Waals surface area contributed by atoms with E-state index in [4.69, 9.17) is 0 Å². The van der Waals surface area contributed by atoms with Crippen molar-refractivity contribution in [3.8, 4) is 11.1 Å². The monoisotopic (exact) mass is 373 g/mol. The molecule has 0 aliphatic carbocycles. The van der Waals surface area contributed by atoms with Crippen molar-refractivity contribution in [2.24, 2.45) is 0 Å². The van der Waals surface area contributed by atoms with Gasteiger partial charge in [-0.1, -0.05) is 30.3 Å². The van der Waals surface area contributed by atoms with Gasteiger partial charge < -0.3 is 5.32 Å². The van der Waals surface area contributed by atoms with Gasteiger partial charge >= 0.3 is 0 Å². The number of hydrogen-bond donors (Lipinski definition) is 1. The lowest BCUT2D eigenvalue weighted by molar-refractivity contribution is -0.125. The van der Waals surface area contributed by atoms with Gasteiger partial charge in [-0.05, 0) is 12.1 Å². The minimum absolute atomic E-state index is 0.0381. The zero-order valence-corrected chi connectivity index (χ0v) is 13.9. The molecular weight excluding hydrogens is 363 g/mol. The minimum Gasteiger partial charge on any atom is -0.314 e. The van der Waals surface area contributed by atoms with Gasteiger partial charge in [0.25, 0.3) is 11.6 Å². The zero-order chi connectivity index (χ0) is 18.5. The van der Waals surface area contributed by atoms with E-state index in [-0.39, 0.29) is 27.3 Å². The van der Waals surface area contributed by atoms with Gasteiger partial charge in [0, 0.05) is 28.1 Å². The second-order valence-electron chi connectivity index (χ2n) is 5.79. The molecule has 1 aliphatic heterocycles.